The maximum atomic E-state index is 12.1. The van der Waals surface area contributed by atoms with Crippen LogP contribution in [-0.2, 0) is 16.0 Å². The molecule has 1 aliphatic rings. The molecule has 110 valence electrons. The van der Waals surface area contributed by atoms with Crippen molar-refractivity contribution in [3.05, 3.63) is 11.7 Å². The van der Waals surface area contributed by atoms with Gasteiger partial charge in [-0.15, -0.1) is 0 Å². The van der Waals surface area contributed by atoms with Crippen molar-refractivity contribution in [2.75, 3.05) is 6.54 Å². The van der Waals surface area contributed by atoms with Crippen LogP contribution in [0.25, 0.3) is 0 Å². The number of amides is 1. The van der Waals surface area contributed by atoms with Crippen LogP contribution in [-0.4, -0.2) is 33.7 Å². The third-order valence-electron chi connectivity index (χ3n) is 3.64. The van der Waals surface area contributed by atoms with Crippen LogP contribution in [0.15, 0.2) is 4.52 Å². The molecule has 7 nitrogen and oxygen atoms in total. The smallest absolute Gasteiger partial charge is 0.307 e. The van der Waals surface area contributed by atoms with Crippen molar-refractivity contribution < 1.29 is 19.2 Å². The Morgan fingerprint density at radius 1 is 1.35 bits per heavy atom. The number of carboxylic acids is 1. The molecule has 1 heterocycles. The molecule has 1 fully saturated rings. The zero-order valence-electron chi connectivity index (χ0n) is 11.5. The summed E-state index contributed by atoms with van der Waals surface area (Å²) in [5.41, 5.74) is 0. The van der Waals surface area contributed by atoms with Crippen molar-refractivity contribution in [1.29, 1.82) is 0 Å². The summed E-state index contributed by atoms with van der Waals surface area (Å²) in [6, 6.07) is 0. The van der Waals surface area contributed by atoms with E-state index in [1.165, 1.54) is 0 Å². The van der Waals surface area contributed by atoms with Gasteiger partial charge in [0.2, 0.25) is 11.8 Å². The van der Waals surface area contributed by atoms with E-state index in [9.17, 15) is 9.59 Å². The Bertz CT molecular complexity index is 486. The van der Waals surface area contributed by atoms with Crippen molar-refractivity contribution in [1.82, 2.24) is 15.5 Å². The van der Waals surface area contributed by atoms with Gasteiger partial charge in [0.05, 0.1) is 11.8 Å². The van der Waals surface area contributed by atoms with Crippen molar-refractivity contribution in [3.63, 3.8) is 0 Å². The van der Waals surface area contributed by atoms with Crippen LogP contribution in [0.4, 0.5) is 0 Å². The highest BCUT2D eigenvalue weighted by Crippen LogP contribution is 2.30. The number of aryl methyl sites for hydroxylation is 1. The number of nitrogens with one attached hydrogen (secondary N) is 1. The Balaban J connectivity index is 1.82. The Kier molecular flexibility index (Phi) is 4.70. The number of aromatic nitrogens is 2. The standard InChI is InChI=1S/C13H19N3O4/c1-8-15-11(16-20-8)6-7-14-12(17)9-4-2-3-5-10(9)13(18)19/h9-10H,2-7H2,1H3,(H,14,17)(H,18,19)/t9-,10+/m1/s1. The highest BCUT2D eigenvalue weighted by Gasteiger charge is 2.35. The first-order valence-electron chi connectivity index (χ1n) is 6.87. The molecule has 20 heavy (non-hydrogen) atoms. The maximum absolute atomic E-state index is 12.1. The Labute approximate surface area is 116 Å². The normalized spacial score (nSPS) is 22.4. The van der Waals surface area contributed by atoms with Gasteiger partial charge in [-0.05, 0) is 12.8 Å². The van der Waals surface area contributed by atoms with Crippen LogP contribution in [0.5, 0.6) is 0 Å². The first kappa shape index (κ1) is 14.5. The molecular formula is C13H19N3O4. The lowest BCUT2D eigenvalue weighted by molar-refractivity contribution is -0.148. The second kappa shape index (κ2) is 6.49. The van der Waals surface area contributed by atoms with Gasteiger partial charge in [-0.1, -0.05) is 18.0 Å². The van der Waals surface area contributed by atoms with Gasteiger partial charge in [-0.2, -0.15) is 4.98 Å². The summed E-state index contributed by atoms with van der Waals surface area (Å²) in [5, 5.41) is 15.7. The molecule has 0 unspecified atom stereocenters. The zero-order valence-corrected chi connectivity index (χ0v) is 11.5. The molecule has 7 heteroatoms. The average Bonchev–Trinajstić information content (AvgIpc) is 2.84. The van der Waals surface area contributed by atoms with E-state index in [1.807, 2.05) is 0 Å². The van der Waals surface area contributed by atoms with Crippen LogP contribution in [0.3, 0.4) is 0 Å². The maximum Gasteiger partial charge on any atom is 0.307 e. The molecule has 2 N–H and O–H groups in total. The van der Waals surface area contributed by atoms with Gasteiger partial charge in [0.15, 0.2) is 5.82 Å². The summed E-state index contributed by atoms with van der Waals surface area (Å²) in [4.78, 5) is 27.3. The first-order chi connectivity index (χ1) is 9.58. The van der Waals surface area contributed by atoms with Crippen molar-refractivity contribution in [2.45, 2.75) is 39.0 Å². The van der Waals surface area contributed by atoms with Crippen molar-refractivity contribution in [2.24, 2.45) is 11.8 Å². The number of nitrogens with zero attached hydrogens (tertiary/aromatic N) is 2. The SMILES string of the molecule is Cc1nc(CCNC(=O)[C@@H]2CCCC[C@@H]2C(=O)O)no1. The van der Waals surface area contributed by atoms with E-state index >= 15 is 0 Å². The van der Waals surface area contributed by atoms with Gasteiger partial charge < -0.3 is 14.9 Å². The molecule has 0 aromatic carbocycles. The molecule has 2 atom stereocenters. The fraction of sp³-hybridized carbons (Fsp3) is 0.692. The summed E-state index contributed by atoms with van der Waals surface area (Å²) in [6.45, 7) is 2.09. The summed E-state index contributed by atoms with van der Waals surface area (Å²) >= 11 is 0. The molecule has 1 amide bonds. The van der Waals surface area contributed by atoms with Crippen LogP contribution < -0.4 is 5.32 Å². The fourth-order valence-electron chi connectivity index (χ4n) is 2.61. The second-order valence-corrected chi connectivity index (χ2v) is 5.11. The minimum Gasteiger partial charge on any atom is -0.481 e. The highest BCUT2D eigenvalue weighted by molar-refractivity contribution is 5.84. The number of carboxylic acid groups (broad SMARTS) is 1. The van der Waals surface area contributed by atoms with Crippen LogP contribution in [0, 0.1) is 18.8 Å². The van der Waals surface area contributed by atoms with Crippen LogP contribution in [0.2, 0.25) is 0 Å². The Morgan fingerprint density at radius 3 is 2.65 bits per heavy atom. The summed E-state index contributed by atoms with van der Waals surface area (Å²) < 4.78 is 4.84. The molecule has 1 aromatic heterocycles. The fourth-order valence-corrected chi connectivity index (χ4v) is 2.61. The molecule has 1 aliphatic carbocycles. The van der Waals surface area contributed by atoms with E-state index in [0.717, 1.165) is 12.8 Å². The quantitative estimate of drug-likeness (QED) is 0.831. The van der Waals surface area contributed by atoms with E-state index in [0.29, 0.717) is 37.5 Å². The molecule has 0 bridgehead atoms. The summed E-state index contributed by atoms with van der Waals surface area (Å²) in [6.07, 6.45) is 3.49. The first-order valence-corrected chi connectivity index (χ1v) is 6.87. The predicted molar refractivity (Wildman–Crippen MR) is 68.8 cm³/mol. The number of aliphatic carboxylic acids is 1. The number of hydrogen-bond acceptors (Lipinski definition) is 5. The predicted octanol–water partition coefficient (Wildman–Crippen LogP) is 0.928. The average molecular weight is 281 g/mol. The molecule has 2 rings (SSSR count). The minimum atomic E-state index is -0.876. The molecular weight excluding hydrogens is 262 g/mol. The molecule has 0 aliphatic heterocycles. The van der Waals surface area contributed by atoms with Gasteiger partial charge in [-0.25, -0.2) is 0 Å². The van der Waals surface area contributed by atoms with Gasteiger partial charge in [-0.3, -0.25) is 9.59 Å². The molecule has 0 radical (unpaired) electrons. The Morgan fingerprint density at radius 2 is 2.05 bits per heavy atom. The molecule has 0 saturated heterocycles. The van der Waals surface area contributed by atoms with Crippen molar-refractivity contribution >= 4 is 11.9 Å². The minimum absolute atomic E-state index is 0.183. The monoisotopic (exact) mass is 281 g/mol. The second-order valence-electron chi connectivity index (χ2n) is 5.11. The van der Waals surface area contributed by atoms with E-state index < -0.39 is 17.8 Å². The largest absolute Gasteiger partial charge is 0.481 e. The van der Waals surface area contributed by atoms with Crippen LogP contribution >= 0.6 is 0 Å². The zero-order chi connectivity index (χ0) is 14.5. The van der Waals surface area contributed by atoms with E-state index in [1.54, 1.807) is 6.92 Å². The molecule has 1 saturated carbocycles. The van der Waals surface area contributed by atoms with E-state index in [2.05, 4.69) is 15.5 Å². The van der Waals surface area contributed by atoms with Crippen molar-refractivity contribution in [3.8, 4) is 0 Å². The van der Waals surface area contributed by atoms with E-state index in [4.69, 9.17) is 9.63 Å². The topological polar surface area (TPSA) is 105 Å². The number of carbonyl (C=O) groups is 2. The van der Waals surface area contributed by atoms with Gasteiger partial charge >= 0.3 is 5.97 Å². The number of carbonyl (C=O) groups excluding carboxylic acids is 1. The Hall–Kier alpha value is -1.92. The number of hydrogen-bond donors (Lipinski definition) is 2. The van der Waals surface area contributed by atoms with Gasteiger partial charge in [0.25, 0.3) is 0 Å². The highest BCUT2D eigenvalue weighted by atomic mass is 16.5. The number of rotatable bonds is 5. The molecule has 0 spiro atoms. The lowest BCUT2D eigenvalue weighted by atomic mass is 9.79. The third kappa shape index (κ3) is 3.55. The van der Waals surface area contributed by atoms with Crippen LogP contribution in [0.1, 0.15) is 37.4 Å². The van der Waals surface area contributed by atoms with Gasteiger partial charge in [0.1, 0.15) is 0 Å². The third-order valence-corrected chi connectivity index (χ3v) is 3.64. The van der Waals surface area contributed by atoms with Gasteiger partial charge in [0, 0.05) is 19.9 Å². The summed E-state index contributed by atoms with van der Waals surface area (Å²) in [5.74, 6) is -1.01. The molecule has 1 aromatic rings. The lowest BCUT2D eigenvalue weighted by Crippen LogP contribution is -2.40. The van der Waals surface area contributed by atoms with E-state index in [-0.39, 0.29) is 5.91 Å². The summed E-state index contributed by atoms with van der Waals surface area (Å²) in [7, 11) is 0. The lowest BCUT2D eigenvalue weighted by Gasteiger charge is -2.27.